The normalized spacial score (nSPS) is 13.0. The number of nitrogens with zero attached hydrogens (tertiary/aromatic N) is 1. The van der Waals surface area contributed by atoms with Crippen molar-refractivity contribution in [3.05, 3.63) is 28.5 Å². The summed E-state index contributed by atoms with van der Waals surface area (Å²) in [6.07, 6.45) is 1.30. The zero-order chi connectivity index (χ0) is 11.9. The molecule has 1 aromatic heterocycles. The van der Waals surface area contributed by atoms with Gasteiger partial charge < -0.3 is 0 Å². The van der Waals surface area contributed by atoms with Crippen LogP contribution in [0.5, 0.6) is 0 Å². The van der Waals surface area contributed by atoms with Crippen LogP contribution in [0, 0.1) is 0 Å². The maximum atomic E-state index is 5.74. The summed E-state index contributed by atoms with van der Waals surface area (Å²) < 4.78 is -3.35. The van der Waals surface area contributed by atoms with Crippen molar-refractivity contribution >= 4 is 81.2 Å². The van der Waals surface area contributed by atoms with Crippen molar-refractivity contribution in [1.29, 1.82) is 0 Å². The maximum Gasteiger partial charge on any atom is 0.218 e. The number of halogens is 7. The molecular weight excluding hydrogens is 346 g/mol. The lowest BCUT2D eigenvalue weighted by molar-refractivity contribution is 1.10. The first-order valence-electron chi connectivity index (χ1n) is 3.42. The quantitative estimate of drug-likeness (QED) is 0.453. The molecular formula is C7H2Cl7N. The van der Waals surface area contributed by atoms with Crippen LogP contribution in [0.2, 0.25) is 5.15 Å². The van der Waals surface area contributed by atoms with Crippen LogP contribution in [0.4, 0.5) is 0 Å². The smallest absolute Gasteiger partial charge is 0.218 e. The van der Waals surface area contributed by atoms with E-state index in [0.717, 1.165) is 0 Å². The number of rotatable bonds is 0. The van der Waals surface area contributed by atoms with Crippen LogP contribution in [0.3, 0.4) is 0 Å². The van der Waals surface area contributed by atoms with Gasteiger partial charge in [0.05, 0.1) is 0 Å². The lowest BCUT2D eigenvalue weighted by Crippen LogP contribution is -2.08. The van der Waals surface area contributed by atoms with Crippen molar-refractivity contribution in [3.8, 4) is 0 Å². The highest BCUT2D eigenvalue weighted by Crippen LogP contribution is 2.44. The fourth-order valence-electron chi connectivity index (χ4n) is 0.802. The molecule has 0 aliphatic carbocycles. The summed E-state index contributed by atoms with van der Waals surface area (Å²) in [5.41, 5.74) is 0.441. The first-order chi connectivity index (χ1) is 6.62. The molecule has 0 aliphatic heterocycles. The van der Waals surface area contributed by atoms with Crippen molar-refractivity contribution < 1.29 is 0 Å². The Bertz CT molecular complexity index is 365. The molecule has 1 heterocycles. The van der Waals surface area contributed by atoms with Crippen LogP contribution in [0.1, 0.15) is 11.1 Å². The number of hydrogen-bond acceptors (Lipinski definition) is 1. The van der Waals surface area contributed by atoms with Gasteiger partial charge in [0.25, 0.3) is 0 Å². The van der Waals surface area contributed by atoms with Crippen LogP contribution in [0.25, 0.3) is 0 Å². The number of aromatic nitrogens is 1. The highest BCUT2D eigenvalue weighted by Gasteiger charge is 2.31. The highest BCUT2D eigenvalue weighted by molar-refractivity contribution is 6.68. The molecule has 0 aromatic carbocycles. The molecule has 0 saturated heterocycles. The minimum atomic E-state index is -1.71. The zero-order valence-electron chi connectivity index (χ0n) is 6.75. The van der Waals surface area contributed by atoms with Gasteiger partial charge in [-0.15, -0.1) is 0 Å². The molecule has 15 heavy (non-hydrogen) atoms. The molecule has 1 rings (SSSR count). The number of pyridine rings is 1. The molecule has 0 saturated carbocycles. The maximum absolute atomic E-state index is 5.74. The van der Waals surface area contributed by atoms with E-state index in [2.05, 4.69) is 4.98 Å². The topological polar surface area (TPSA) is 12.9 Å². The van der Waals surface area contributed by atoms with Crippen molar-refractivity contribution in [1.82, 2.24) is 4.98 Å². The monoisotopic (exact) mass is 345 g/mol. The molecule has 1 nitrogen and oxygen atoms in total. The predicted octanol–water partition coefficient (Wildman–Crippen LogP) is 5.39. The van der Waals surface area contributed by atoms with Crippen LogP contribution in [-0.2, 0) is 7.59 Å². The molecule has 0 amide bonds. The average molecular weight is 348 g/mol. The third-order valence-electron chi connectivity index (χ3n) is 1.47. The Hall–Kier alpha value is 1.18. The first-order valence-corrected chi connectivity index (χ1v) is 6.07. The largest absolute Gasteiger partial charge is 0.244 e. The molecule has 0 atom stereocenters. The van der Waals surface area contributed by atoms with E-state index in [9.17, 15) is 0 Å². The molecule has 8 heteroatoms. The van der Waals surface area contributed by atoms with E-state index in [-0.39, 0.29) is 16.3 Å². The van der Waals surface area contributed by atoms with Gasteiger partial charge in [0.2, 0.25) is 7.59 Å². The summed E-state index contributed by atoms with van der Waals surface area (Å²) in [5.74, 6) is 0. The van der Waals surface area contributed by atoms with Gasteiger partial charge in [-0.3, -0.25) is 0 Å². The molecule has 0 radical (unpaired) electrons. The van der Waals surface area contributed by atoms with Gasteiger partial charge in [-0.25, -0.2) is 4.98 Å². The Morgan fingerprint density at radius 3 is 1.87 bits per heavy atom. The molecule has 0 aliphatic rings. The van der Waals surface area contributed by atoms with Crippen LogP contribution in [-0.4, -0.2) is 4.98 Å². The van der Waals surface area contributed by atoms with Gasteiger partial charge in [0.15, 0.2) is 0 Å². The van der Waals surface area contributed by atoms with E-state index in [1.54, 1.807) is 0 Å². The van der Waals surface area contributed by atoms with E-state index >= 15 is 0 Å². The minimum Gasteiger partial charge on any atom is -0.244 e. The van der Waals surface area contributed by atoms with Gasteiger partial charge >= 0.3 is 0 Å². The summed E-state index contributed by atoms with van der Waals surface area (Å²) in [4.78, 5) is 3.77. The van der Waals surface area contributed by atoms with Crippen molar-refractivity contribution in [3.63, 3.8) is 0 Å². The Morgan fingerprint density at radius 2 is 1.47 bits per heavy atom. The minimum absolute atomic E-state index is 0.0491. The lowest BCUT2D eigenvalue weighted by atomic mass is 10.2. The molecule has 1 aromatic rings. The predicted molar refractivity (Wildman–Crippen MR) is 67.7 cm³/mol. The third kappa shape index (κ3) is 3.85. The van der Waals surface area contributed by atoms with Gasteiger partial charge in [-0.2, -0.15) is 0 Å². The van der Waals surface area contributed by atoms with Gasteiger partial charge in [0, 0.05) is 17.3 Å². The standard InChI is InChI=1S/C7H2Cl7N/c8-5-4(7(12,13)14)1-3(2-15-5)6(9,10)11/h1-2H. The second-order valence-corrected chi connectivity index (χ2v) is 7.48. The fraction of sp³-hybridized carbons (Fsp3) is 0.286. The number of hydrogen-bond donors (Lipinski definition) is 0. The Kier molecular flexibility index (Phi) is 4.57. The summed E-state index contributed by atoms with van der Waals surface area (Å²) in [5, 5.41) is 0.0491. The van der Waals surface area contributed by atoms with E-state index in [0.29, 0.717) is 0 Å². The Labute approximate surface area is 122 Å². The van der Waals surface area contributed by atoms with Crippen molar-refractivity contribution in [2.75, 3.05) is 0 Å². The van der Waals surface area contributed by atoms with Crippen LogP contribution >= 0.6 is 81.2 Å². The lowest BCUT2D eigenvalue weighted by Gasteiger charge is -2.16. The number of alkyl halides is 6. The Morgan fingerprint density at radius 1 is 0.933 bits per heavy atom. The van der Waals surface area contributed by atoms with E-state index in [4.69, 9.17) is 81.2 Å². The van der Waals surface area contributed by atoms with Crippen LogP contribution < -0.4 is 0 Å². The van der Waals surface area contributed by atoms with Crippen LogP contribution in [0.15, 0.2) is 12.3 Å². The third-order valence-corrected chi connectivity index (χ3v) is 3.04. The SMILES string of the molecule is Clc1ncc(C(Cl)(Cl)Cl)cc1C(Cl)(Cl)Cl. The molecule has 0 unspecified atom stereocenters. The summed E-state index contributed by atoms with van der Waals surface area (Å²) >= 11 is 39.7. The van der Waals surface area contributed by atoms with Gasteiger partial charge in [-0.05, 0) is 6.07 Å². The second-order valence-electron chi connectivity index (χ2n) is 2.56. The van der Waals surface area contributed by atoms with Crippen molar-refractivity contribution in [2.24, 2.45) is 0 Å². The summed E-state index contributed by atoms with van der Waals surface area (Å²) in [7, 11) is 0. The van der Waals surface area contributed by atoms with E-state index < -0.39 is 7.59 Å². The molecule has 0 N–H and O–H groups in total. The average Bonchev–Trinajstić information content (AvgIpc) is 2.00. The summed E-state index contributed by atoms with van der Waals surface area (Å²) in [6.45, 7) is 0. The fourth-order valence-corrected chi connectivity index (χ4v) is 1.93. The van der Waals surface area contributed by atoms with Gasteiger partial charge in [-0.1, -0.05) is 81.2 Å². The first kappa shape index (κ1) is 14.2. The highest BCUT2D eigenvalue weighted by atomic mass is 35.6. The molecule has 84 valence electrons. The molecule has 0 fully saturated rings. The van der Waals surface area contributed by atoms with E-state index in [1.165, 1.54) is 12.3 Å². The van der Waals surface area contributed by atoms with Gasteiger partial charge in [0.1, 0.15) is 5.15 Å². The Balaban J connectivity index is 3.30. The van der Waals surface area contributed by atoms with Crippen molar-refractivity contribution in [2.45, 2.75) is 7.59 Å². The molecule has 0 bridgehead atoms. The summed E-state index contributed by atoms with van der Waals surface area (Å²) in [6, 6.07) is 1.38. The molecule has 0 spiro atoms. The zero-order valence-corrected chi connectivity index (χ0v) is 12.0. The second kappa shape index (κ2) is 4.81. The van der Waals surface area contributed by atoms with E-state index in [1.807, 2.05) is 0 Å².